The van der Waals surface area contributed by atoms with Crippen LogP contribution in [0.2, 0.25) is 0 Å². The van der Waals surface area contributed by atoms with Gasteiger partial charge in [0.1, 0.15) is 5.69 Å². The van der Waals surface area contributed by atoms with Crippen LogP contribution >= 0.6 is 0 Å². The summed E-state index contributed by atoms with van der Waals surface area (Å²) in [7, 11) is 0. The second-order valence-corrected chi connectivity index (χ2v) is 4.80. The summed E-state index contributed by atoms with van der Waals surface area (Å²) in [5.74, 6) is -0.167. The number of hydrogen-bond acceptors (Lipinski definition) is 3. The van der Waals surface area contributed by atoms with Gasteiger partial charge in [0, 0.05) is 24.0 Å². The second-order valence-electron chi connectivity index (χ2n) is 4.80. The Morgan fingerprint density at radius 1 is 1.53 bits per heavy atom. The van der Waals surface area contributed by atoms with Crippen LogP contribution in [0.15, 0.2) is 31.0 Å². The van der Waals surface area contributed by atoms with Crippen molar-refractivity contribution in [1.82, 2.24) is 10.3 Å². The molecule has 92 valence electrons. The molecule has 0 aliphatic carbocycles. The van der Waals surface area contributed by atoms with Crippen LogP contribution in [-0.2, 0) is 0 Å². The maximum atomic E-state index is 11.9. The maximum Gasteiger partial charge on any atom is 0.270 e. The number of anilines is 1. The van der Waals surface area contributed by atoms with Crippen LogP contribution in [0.5, 0.6) is 0 Å². The van der Waals surface area contributed by atoms with Crippen molar-refractivity contribution in [2.24, 2.45) is 0 Å². The Kier molecular flexibility index (Phi) is 4.26. The molecule has 0 aliphatic heterocycles. The van der Waals surface area contributed by atoms with E-state index in [2.05, 4.69) is 22.2 Å². The van der Waals surface area contributed by atoms with Crippen LogP contribution in [0.1, 0.15) is 31.3 Å². The van der Waals surface area contributed by atoms with E-state index in [1.54, 1.807) is 18.3 Å². The molecule has 0 saturated carbocycles. The summed E-state index contributed by atoms with van der Waals surface area (Å²) >= 11 is 0. The lowest BCUT2D eigenvalue weighted by molar-refractivity contribution is 0.0914. The fourth-order valence-electron chi connectivity index (χ4n) is 1.26. The zero-order chi connectivity index (χ0) is 12.9. The zero-order valence-corrected chi connectivity index (χ0v) is 10.6. The molecule has 1 rings (SSSR count). The number of pyridine rings is 1. The second kappa shape index (κ2) is 5.48. The van der Waals surface area contributed by atoms with Gasteiger partial charge in [-0.25, -0.2) is 0 Å². The van der Waals surface area contributed by atoms with Crippen LogP contribution in [0, 0.1) is 0 Å². The molecule has 0 unspecified atom stereocenters. The summed E-state index contributed by atoms with van der Waals surface area (Å²) in [5.41, 5.74) is 1.01. The lowest BCUT2D eigenvalue weighted by Crippen LogP contribution is -2.40. The van der Waals surface area contributed by atoms with Crippen LogP contribution < -0.4 is 10.6 Å². The van der Waals surface area contributed by atoms with Crippen LogP contribution in [0.4, 0.5) is 5.69 Å². The topological polar surface area (TPSA) is 54.0 Å². The number of hydrogen-bond donors (Lipinski definition) is 2. The lowest BCUT2D eigenvalue weighted by atomic mass is 10.1. The lowest BCUT2D eigenvalue weighted by Gasteiger charge is -2.20. The van der Waals surface area contributed by atoms with Gasteiger partial charge in [0.25, 0.3) is 5.91 Å². The quantitative estimate of drug-likeness (QED) is 0.784. The number of nitrogens with zero attached hydrogens (tertiary/aromatic N) is 1. The number of carbonyl (C=O) groups excluding carboxylic acids is 1. The minimum Gasteiger partial charge on any atom is -0.381 e. The highest BCUT2D eigenvalue weighted by molar-refractivity contribution is 5.93. The van der Waals surface area contributed by atoms with Crippen molar-refractivity contribution in [2.45, 2.75) is 26.3 Å². The molecular weight excluding hydrogens is 214 g/mol. The molecule has 1 aromatic heterocycles. The average molecular weight is 233 g/mol. The number of aromatic nitrogens is 1. The van der Waals surface area contributed by atoms with E-state index >= 15 is 0 Å². The van der Waals surface area contributed by atoms with Crippen molar-refractivity contribution >= 4 is 11.6 Å². The minimum atomic E-state index is -0.261. The molecule has 2 N–H and O–H groups in total. The van der Waals surface area contributed by atoms with E-state index in [0.717, 1.165) is 5.69 Å². The zero-order valence-electron chi connectivity index (χ0n) is 10.6. The van der Waals surface area contributed by atoms with Crippen molar-refractivity contribution in [3.05, 3.63) is 36.7 Å². The van der Waals surface area contributed by atoms with Crippen molar-refractivity contribution in [3.63, 3.8) is 0 Å². The highest BCUT2D eigenvalue weighted by Crippen LogP contribution is 2.09. The molecule has 0 fully saturated rings. The molecular formula is C13H19N3O. The monoisotopic (exact) mass is 233 g/mol. The molecule has 0 aromatic carbocycles. The summed E-state index contributed by atoms with van der Waals surface area (Å²) in [4.78, 5) is 15.9. The Balaban J connectivity index is 2.77. The summed E-state index contributed by atoms with van der Waals surface area (Å²) in [6.45, 7) is 10.1. The van der Waals surface area contributed by atoms with Crippen LogP contribution in [-0.4, -0.2) is 23.0 Å². The van der Waals surface area contributed by atoms with Crippen molar-refractivity contribution in [3.8, 4) is 0 Å². The van der Waals surface area contributed by atoms with E-state index < -0.39 is 0 Å². The summed E-state index contributed by atoms with van der Waals surface area (Å²) in [6, 6.07) is 3.54. The molecule has 17 heavy (non-hydrogen) atoms. The predicted molar refractivity (Wildman–Crippen MR) is 70.1 cm³/mol. The molecule has 1 amide bonds. The summed E-state index contributed by atoms with van der Waals surface area (Å²) in [6.07, 6.45) is 3.37. The molecule has 1 aromatic rings. The standard InChI is InChI=1S/C13H19N3O/c1-5-7-14-10-6-8-15-11(9-10)12(17)16-13(2,3)4/h5-6,8-9H,1,7H2,2-4H3,(H,14,15)(H,16,17). The first kappa shape index (κ1) is 13.2. The molecule has 0 saturated heterocycles. The van der Waals surface area contributed by atoms with Gasteiger partial charge in [-0.3, -0.25) is 9.78 Å². The van der Waals surface area contributed by atoms with E-state index in [4.69, 9.17) is 0 Å². The van der Waals surface area contributed by atoms with E-state index in [0.29, 0.717) is 12.2 Å². The van der Waals surface area contributed by atoms with Crippen LogP contribution in [0.3, 0.4) is 0 Å². The largest absolute Gasteiger partial charge is 0.381 e. The van der Waals surface area contributed by atoms with E-state index in [1.165, 1.54) is 0 Å². The number of rotatable bonds is 4. The van der Waals surface area contributed by atoms with Crippen LogP contribution in [0.25, 0.3) is 0 Å². The van der Waals surface area contributed by atoms with Crippen molar-refractivity contribution in [1.29, 1.82) is 0 Å². The van der Waals surface area contributed by atoms with Gasteiger partial charge >= 0.3 is 0 Å². The smallest absolute Gasteiger partial charge is 0.270 e. The fourth-order valence-corrected chi connectivity index (χ4v) is 1.26. The summed E-state index contributed by atoms with van der Waals surface area (Å²) in [5, 5.41) is 5.98. The highest BCUT2D eigenvalue weighted by Gasteiger charge is 2.16. The molecule has 1 heterocycles. The molecule has 0 bridgehead atoms. The Morgan fingerprint density at radius 3 is 2.82 bits per heavy atom. The third-order valence-electron chi connectivity index (χ3n) is 1.93. The highest BCUT2D eigenvalue weighted by atomic mass is 16.2. The van der Waals surface area contributed by atoms with Gasteiger partial charge in [-0.05, 0) is 32.9 Å². The van der Waals surface area contributed by atoms with Crippen molar-refractivity contribution < 1.29 is 4.79 Å². The fraction of sp³-hybridized carbons (Fsp3) is 0.385. The van der Waals surface area contributed by atoms with Crippen molar-refractivity contribution in [2.75, 3.05) is 11.9 Å². The van der Waals surface area contributed by atoms with Gasteiger partial charge in [-0.2, -0.15) is 0 Å². The van der Waals surface area contributed by atoms with Gasteiger partial charge in [0.15, 0.2) is 0 Å². The third kappa shape index (κ3) is 4.68. The van der Waals surface area contributed by atoms with Gasteiger partial charge in [-0.15, -0.1) is 6.58 Å². The minimum absolute atomic E-state index is 0.167. The van der Waals surface area contributed by atoms with Gasteiger partial charge in [-0.1, -0.05) is 6.08 Å². The van der Waals surface area contributed by atoms with Gasteiger partial charge in [0.05, 0.1) is 0 Å². The number of nitrogens with one attached hydrogen (secondary N) is 2. The Bertz CT molecular complexity index is 407. The SMILES string of the molecule is C=CCNc1ccnc(C(=O)NC(C)(C)C)c1. The Hall–Kier alpha value is -1.84. The third-order valence-corrected chi connectivity index (χ3v) is 1.93. The molecule has 0 radical (unpaired) electrons. The summed E-state index contributed by atoms with van der Waals surface area (Å²) < 4.78 is 0. The van der Waals surface area contributed by atoms with E-state index in [-0.39, 0.29) is 11.4 Å². The normalized spacial score (nSPS) is 10.8. The first-order valence-corrected chi connectivity index (χ1v) is 5.56. The average Bonchev–Trinajstić information content (AvgIpc) is 2.24. The van der Waals surface area contributed by atoms with Gasteiger partial charge in [0.2, 0.25) is 0 Å². The first-order chi connectivity index (χ1) is 7.92. The van der Waals surface area contributed by atoms with E-state index in [1.807, 2.05) is 26.8 Å². The van der Waals surface area contributed by atoms with E-state index in [9.17, 15) is 4.79 Å². The Morgan fingerprint density at radius 2 is 2.24 bits per heavy atom. The maximum absolute atomic E-state index is 11.9. The molecule has 0 atom stereocenters. The van der Waals surface area contributed by atoms with Gasteiger partial charge < -0.3 is 10.6 Å². The number of carbonyl (C=O) groups is 1. The molecule has 0 aliphatic rings. The molecule has 0 spiro atoms. The molecule has 4 nitrogen and oxygen atoms in total. The first-order valence-electron chi connectivity index (χ1n) is 5.56. The number of amides is 1. The predicted octanol–water partition coefficient (Wildman–Crippen LogP) is 2.21. The Labute approximate surface area is 102 Å². The molecule has 4 heteroatoms.